The van der Waals surface area contributed by atoms with Gasteiger partial charge in [0.15, 0.2) is 0 Å². The van der Waals surface area contributed by atoms with E-state index in [1.54, 1.807) is 7.11 Å². The predicted octanol–water partition coefficient (Wildman–Crippen LogP) is 5.13. The maximum Gasteiger partial charge on any atom is 0.228 e. The largest absolute Gasteiger partial charge is 0.496 e. The Hall–Kier alpha value is -2.31. The summed E-state index contributed by atoms with van der Waals surface area (Å²) in [7, 11) is 3.90. The van der Waals surface area contributed by atoms with Gasteiger partial charge >= 0.3 is 0 Å². The van der Waals surface area contributed by atoms with E-state index in [2.05, 4.69) is 81.2 Å². The van der Waals surface area contributed by atoms with E-state index < -0.39 is 0 Å². The van der Waals surface area contributed by atoms with Crippen molar-refractivity contribution in [2.24, 2.45) is 5.73 Å². The summed E-state index contributed by atoms with van der Waals surface area (Å²) in [5.74, 6) is 0.640. The molecule has 0 radical (unpaired) electrons. The van der Waals surface area contributed by atoms with E-state index in [0.717, 1.165) is 31.7 Å². The van der Waals surface area contributed by atoms with E-state index in [4.69, 9.17) is 4.74 Å². The van der Waals surface area contributed by atoms with Gasteiger partial charge in [-0.05, 0) is 44.1 Å². The van der Waals surface area contributed by atoms with Gasteiger partial charge in [0.1, 0.15) is 5.75 Å². The molecule has 0 aliphatic carbocycles. The van der Waals surface area contributed by atoms with Crippen LogP contribution in [0.2, 0.25) is 0 Å². The zero-order valence-corrected chi connectivity index (χ0v) is 20.0. The number of carbonyl (C=O) groups excluding carboxylic acids is 1. The normalized spacial score (nSPS) is 10.1. The summed E-state index contributed by atoms with van der Waals surface area (Å²) in [6.07, 6.45) is 4.39. The minimum Gasteiger partial charge on any atom is -0.496 e. The molecule has 3 aromatic rings. The molecule has 5 nitrogen and oxygen atoms in total. The zero-order chi connectivity index (χ0) is 22.4. The van der Waals surface area contributed by atoms with E-state index in [9.17, 15) is 4.79 Å². The number of nitrogens with two attached hydrogens (primary N) is 1. The number of amides is 1. The Kier molecular flexibility index (Phi) is 12.6. The first kappa shape index (κ1) is 25.7. The van der Waals surface area contributed by atoms with E-state index in [1.807, 2.05) is 26.0 Å². The van der Waals surface area contributed by atoms with Crippen LogP contribution in [0.5, 0.6) is 5.75 Å². The SMILES string of the molecule is CC.COc1ccccc1CN(C)CCCc1c[nH]c2ccccc12.NC(=O)CBr. The molecule has 0 saturated heterocycles. The summed E-state index contributed by atoms with van der Waals surface area (Å²) in [5.41, 5.74) is 8.48. The van der Waals surface area contributed by atoms with Gasteiger partial charge < -0.3 is 20.4 Å². The fourth-order valence-electron chi connectivity index (χ4n) is 3.08. The Labute approximate surface area is 188 Å². The van der Waals surface area contributed by atoms with E-state index in [-0.39, 0.29) is 11.2 Å². The molecule has 0 unspecified atom stereocenters. The number of rotatable bonds is 8. The van der Waals surface area contributed by atoms with Crippen molar-refractivity contribution in [2.45, 2.75) is 33.2 Å². The highest BCUT2D eigenvalue weighted by Crippen LogP contribution is 2.20. The number of benzene rings is 2. The van der Waals surface area contributed by atoms with Gasteiger partial charge in [-0.1, -0.05) is 66.2 Å². The lowest BCUT2D eigenvalue weighted by Crippen LogP contribution is -2.20. The van der Waals surface area contributed by atoms with Crippen LogP contribution in [-0.2, 0) is 17.8 Å². The van der Waals surface area contributed by atoms with Crippen LogP contribution in [0.25, 0.3) is 10.9 Å². The zero-order valence-electron chi connectivity index (χ0n) is 18.5. The lowest BCUT2D eigenvalue weighted by atomic mass is 10.1. The van der Waals surface area contributed by atoms with Crippen molar-refractivity contribution < 1.29 is 9.53 Å². The fourth-order valence-corrected chi connectivity index (χ4v) is 3.08. The Balaban J connectivity index is 0.000000565. The molecular formula is C24H34BrN3O2. The summed E-state index contributed by atoms with van der Waals surface area (Å²) >= 11 is 2.84. The number of hydrogen-bond acceptors (Lipinski definition) is 3. The Morgan fingerprint density at radius 2 is 1.73 bits per heavy atom. The minimum atomic E-state index is -0.329. The number of aromatic amines is 1. The molecule has 0 aliphatic rings. The molecular weight excluding hydrogens is 442 g/mol. The van der Waals surface area contributed by atoms with Gasteiger partial charge in [0.05, 0.1) is 12.4 Å². The topological polar surface area (TPSA) is 71.3 Å². The van der Waals surface area contributed by atoms with Gasteiger partial charge in [-0.25, -0.2) is 0 Å². The number of H-pyrrole nitrogens is 1. The Morgan fingerprint density at radius 1 is 1.10 bits per heavy atom. The molecule has 0 spiro atoms. The molecule has 1 amide bonds. The summed E-state index contributed by atoms with van der Waals surface area (Å²) in [6, 6.07) is 16.7. The molecule has 3 N–H and O–H groups in total. The first-order chi connectivity index (χ1) is 14.5. The third kappa shape index (κ3) is 8.59. The smallest absolute Gasteiger partial charge is 0.228 e. The van der Waals surface area contributed by atoms with Gasteiger partial charge in [-0.3, -0.25) is 4.79 Å². The Bertz CT molecular complexity index is 880. The molecule has 0 bridgehead atoms. The number of aromatic nitrogens is 1. The molecule has 164 valence electrons. The number of methoxy groups -OCH3 is 1. The number of carbonyl (C=O) groups is 1. The highest BCUT2D eigenvalue weighted by molar-refractivity contribution is 9.09. The number of nitrogens with one attached hydrogen (secondary N) is 1. The highest BCUT2D eigenvalue weighted by atomic mass is 79.9. The second-order valence-electron chi connectivity index (χ2n) is 6.61. The first-order valence-corrected chi connectivity index (χ1v) is 11.4. The van der Waals surface area contributed by atoms with Gasteiger partial charge in [-0.15, -0.1) is 0 Å². The van der Waals surface area contributed by atoms with Crippen LogP contribution in [-0.4, -0.2) is 41.8 Å². The van der Waals surface area contributed by atoms with Crippen molar-refractivity contribution in [1.82, 2.24) is 9.88 Å². The van der Waals surface area contributed by atoms with Crippen molar-refractivity contribution >= 4 is 32.7 Å². The highest BCUT2D eigenvalue weighted by Gasteiger charge is 2.07. The first-order valence-electron chi connectivity index (χ1n) is 10.2. The number of para-hydroxylation sites is 2. The molecule has 3 rings (SSSR count). The molecule has 0 saturated carbocycles. The number of fused-ring (bicyclic) bond motifs is 1. The lowest BCUT2D eigenvalue weighted by molar-refractivity contribution is -0.115. The number of halogens is 1. The monoisotopic (exact) mass is 475 g/mol. The minimum absolute atomic E-state index is 0.257. The van der Waals surface area contributed by atoms with Gasteiger partial charge in [0.2, 0.25) is 5.91 Å². The molecule has 0 fully saturated rings. The standard InChI is InChI=1S/C20H24N2O.C2H4BrNO.C2H6/c1-22(15-17-8-3-6-12-20(17)23-2)13-7-9-16-14-21-19-11-5-4-10-18(16)19;3-1-2(4)5;1-2/h3-6,8,10-12,14,21H,7,9,13,15H2,1-2H3;1H2,(H2,4,5);1-2H3. The maximum atomic E-state index is 9.54. The van der Waals surface area contributed by atoms with Crippen molar-refractivity contribution in [2.75, 3.05) is 26.0 Å². The lowest BCUT2D eigenvalue weighted by Gasteiger charge is -2.18. The molecule has 0 atom stereocenters. The number of alkyl halides is 1. The van der Waals surface area contributed by atoms with Crippen LogP contribution in [0.1, 0.15) is 31.4 Å². The van der Waals surface area contributed by atoms with E-state index >= 15 is 0 Å². The maximum absolute atomic E-state index is 9.54. The molecule has 6 heteroatoms. The number of ether oxygens (including phenoxy) is 1. The molecule has 1 aromatic heterocycles. The van der Waals surface area contributed by atoms with Crippen LogP contribution in [0.3, 0.4) is 0 Å². The Morgan fingerprint density at radius 3 is 2.40 bits per heavy atom. The van der Waals surface area contributed by atoms with Gasteiger partial charge in [0, 0.05) is 29.2 Å². The van der Waals surface area contributed by atoms with Crippen LogP contribution < -0.4 is 10.5 Å². The van der Waals surface area contributed by atoms with Crippen molar-refractivity contribution in [1.29, 1.82) is 0 Å². The van der Waals surface area contributed by atoms with Crippen molar-refractivity contribution in [3.05, 3.63) is 65.9 Å². The number of aryl methyl sites for hydroxylation is 1. The van der Waals surface area contributed by atoms with Crippen LogP contribution in [0, 0.1) is 0 Å². The third-order valence-corrected chi connectivity index (χ3v) is 4.98. The molecule has 30 heavy (non-hydrogen) atoms. The molecule has 1 heterocycles. The average molecular weight is 476 g/mol. The summed E-state index contributed by atoms with van der Waals surface area (Å²) in [4.78, 5) is 15.2. The van der Waals surface area contributed by atoms with Gasteiger partial charge in [-0.2, -0.15) is 0 Å². The summed E-state index contributed by atoms with van der Waals surface area (Å²) in [5, 5.41) is 1.60. The van der Waals surface area contributed by atoms with E-state index in [0.29, 0.717) is 0 Å². The molecule has 2 aromatic carbocycles. The number of primary amides is 1. The average Bonchev–Trinajstić information content (AvgIpc) is 3.19. The second kappa shape index (κ2) is 14.6. The fraction of sp³-hybridized carbons (Fsp3) is 0.375. The predicted molar refractivity (Wildman–Crippen MR) is 130 cm³/mol. The number of nitrogens with zero attached hydrogens (tertiary/aromatic N) is 1. The van der Waals surface area contributed by atoms with Crippen molar-refractivity contribution in [3.63, 3.8) is 0 Å². The summed E-state index contributed by atoms with van der Waals surface area (Å²) < 4.78 is 5.43. The molecule has 0 aliphatic heterocycles. The van der Waals surface area contributed by atoms with Crippen molar-refractivity contribution in [3.8, 4) is 5.75 Å². The second-order valence-corrected chi connectivity index (χ2v) is 7.17. The third-order valence-electron chi connectivity index (χ3n) is 4.43. The number of hydrogen-bond donors (Lipinski definition) is 2. The van der Waals surface area contributed by atoms with Crippen LogP contribution in [0.4, 0.5) is 0 Å². The quantitative estimate of drug-likeness (QED) is 0.443. The summed E-state index contributed by atoms with van der Waals surface area (Å²) in [6.45, 7) is 5.98. The van der Waals surface area contributed by atoms with Gasteiger partial charge in [0.25, 0.3) is 0 Å². The van der Waals surface area contributed by atoms with Crippen LogP contribution in [0.15, 0.2) is 54.7 Å². The van der Waals surface area contributed by atoms with E-state index in [1.165, 1.54) is 22.0 Å². The van der Waals surface area contributed by atoms with Crippen LogP contribution >= 0.6 is 15.9 Å².